The zero-order valence-corrected chi connectivity index (χ0v) is 19.4. The summed E-state index contributed by atoms with van der Waals surface area (Å²) >= 11 is 0. The molecular formula is C17H30IN3O5S. The number of rotatable bonds is 11. The van der Waals surface area contributed by atoms with Gasteiger partial charge >= 0.3 is 0 Å². The number of ether oxygens (including phenoxy) is 3. The molecule has 0 saturated carbocycles. The van der Waals surface area contributed by atoms with Crippen LogP contribution in [0, 0.1) is 0 Å². The van der Waals surface area contributed by atoms with Gasteiger partial charge in [-0.15, -0.1) is 24.0 Å². The van der Waals surface area contributed by atoms with Crippen LogP contribution in [0.25, 0.3) is 0 Å². The number of sulfone groups is 1. The Hall–Kier alpha value is -1.27. The van der Waals surface area contributed by atoms with Crippen molar-refractivity contribution in [2.75, 3.05) is 52.5 Å². The van der Waals surface area contributed by atoms with Gasteiger partial charge in [0.1, 0.15) is 9.84 Å². The zero-order chi connectivity index (χ0) is 19.4. The Kier molecular flexibility index (Phi) is 13.2. The van der Waals surface area contributed by atoms with Crippen molar-refractivity contribution in [3.8, 4) is 11.5 Å². The average molecular weight is 515 g/mol. The fraction of sp³-hybridized carbons (Fsp3) is 0.588. The van der Waals surface area contributed by atoms with Crippen molar-refractivity contribution in [3.63, 3.8) is 0 Å². The van der Waals surface area contributed by atoms with Gasteiger partial charge in [-0.2, -0.15) is 0 Å². The van der Waals surface area contributed by atoms with Crippen LogP contribution in [0.1, 0.15) is 12.5 Å². The second-order valence-electron chi connectivity index (χ2n) is 5.55. The lowest BCUT2D eigenvalue weighted by atomic mass is 10.2. The monoisotopic (exact) mass is 515 g/mol. The molecule has 8 nitrogen and oxygen atoms in total. The predicted octanol–water partition coefficient (Wildman–Crippen LogP) is 1.44. The van der Waals surface area contributed by atoms with Crippen molar-refractivity contribution < 1.29 is 22.6 Å². The molecule has 0 aromatic heterocycles. The van der Waals surface area contributed by atoms with E-state index in [-0.39, 0.29) is 36.3 Å². The molecule has 0 radical (unpaired) electrons. The highest BCUT2D eigenvalue weighted by atomic mass is 127. The summed E-state index contributed by atoms with van der Waals surface area (Å²) in [5, 5.41) is 6.30. The van der Waals surface area contributed by atoms with Crippen LogP contribution in [0.4, 0.5) is 0 Å². The number of halogens is 1. The molecule has 0 saturated heterocycles. The molecule has 0 fully saturated rings. The maximum atomic E-state index is 11.0. The first-order valence-corrected chi connectivity index (χ1v) is 10.4. The van der Waals surface area contributed by atoms with Gasteiger partial charge in [-0.1, -0.05) is 6.07 Å². The SMILES string of the molecule is CCNC(=NCc1ccc(OC)c(OC)c1)NCCOCCS(C)(=O)=O.I. The molecule has 156 valence electrons. The van der Waals surface area contributed by atoms with Crippen molar-refractivity contribution in [2.45, 2.75) is 13.5 Å². The van der Waals surface area contributed by atoms with E-state index in [1.54, 1.807) is 14.2 Å². The average Bonchev–Trinajstić information content (AvgIpc) is 2.61. The van der Waals surface area contributed by atoms with E-state index in [9.17, 15) is 8.42 Å². The van der Waals surface area contributed by atoms with Crippen LogP contribution in [0.2, 0.25) is 0 Å². The highest BCUT2D eigenvalue weighted by molar-refractivity contribution is 14.0. The third-order valence-electron chi connectivity index (χ3n) is 3.35. The molecule has 0 aliphatic heterocycles. The Morgan fingerprint density at radius 2 is 1.81 bits per heavy atom. The number of nitrogens with one attached hydrogen (secondary N) is 2. The number of hydrogen-bond donors (Lipinski definition) is 2. The van der Waals surface area contributed by atoms with E-state index in [1.165, 1.54) is 6.26 Å². The van der Waals surface area contributed by atoms with Gasteiger partial charge < -0.3 is 24.8 Å². The number of nitrogens with zero attached hydrogens (tertiary/aromatic N) is 1. The first kappa shape index (κ1) is 25.7. The third-order valence-corrected chi connectivity index (χ3v) is 4.26. The molecule has 0 aliphatic rings. The standard InChI is InChI=1S/C17H29N3O5S.HI/c1-5-18-17(19-8-9-25-10-11-26(4,21)22)20-13-14-6-7-15(23-2)16(12-14)24-3;/h6-7,12H,5,8-11,13H2,1-4H3,(H2,18,19,20);1H. The molecule has 0 aliphatic carbocycles. The highest BCUT2D eigenvalue weighted by Gasteiger charge is 2.05. The molecule has 1 rings (SSSR count). The summed E-state index contributed by atoms with van der Waals surface area (Å²) in [4.78, 5) is 4.52. The van der Waals surface area contributed by atoms with Crippen LogP contribution in [0.5, 0.6) is 11.5 Å². The second-order valence-corrected chi connectivity index (χ2v) is 7.81. The molecule has 0 unspecified atom stereocenters. The fourth-order valence-corrected chi connectivity index (χ4v) is 2.47. The number of aliphatic imine (C=N–C) groups is 1. The molecule has 27 heavy (non-hydrogen) atoms. The van der Waals surface area contributed by atoms with Gasteiger partial charge in [-0.05, 0) is 24.6 Å². The summed E-state index contributed by atoms with van der Waals surface area (Å²) in [5.74, 6) is 2.03. The van der Waals surface area contributed by atoms with Gasteiger partial charge in [0.2, 0.25) is 0 Å². The van der Waals surface area contributed by atoms with Gasteiger partial charge in [0.15, 0.2) is 17.5 Å². The smallest absolute Gasteiger partial charge is 0.191 e. The second kappa shape index (κ2) is 13.8. The Balaban J connectivity index is 0.00000676. The molecule has 2 N–H and O–H groups in total. The quantitative estimate of drug-likeness (QED) is 0.199. The Morgan fingerprint density at radius 1 is 1.11 bits per heavy atom. The summed E-state index contributed by atoms with van der Waals surface area (Å²) in [6.45, 7) is 4.31. The van der Waals surface area contributed by atoms with E-state index in [2.05, 4.69) is 15.6 Å². The maximum absolute atomic E-state index is 11.0. The van der Waals surface area contributed by atoms with E-state index in [1.807, 2.05) is 25.1 Å². The van der Waals surface area contributed by atoms with Crippen molar-refractivity contribution in [1.82, 2.24) is 10.6 Å². The number of methoxy groups -OCH3 is 2. The predicted molar refractivity (Wildman–Crippen MR) is 118 cm³/mol. The first-order valence-electron chi connectivity index (χ1n) is 8.38. The van der Waals surface area contributed by atoms with Crippen molar-refractivity contribution in [1.29, 1.82) is 0 Å². The van der Waals surface area contributed by atoms with Crippen molar-refractivity contribution in [2.24, 2.45) is 4.99 Å². The zero-order valence-electron chi connectivity index (χ0n) is 16.3. The molecule has 0 bridgehead atoms. The van der Waals surface area contributed by atoms with E-state index in [0.717, 1.165) is 12.1 Å². The normalized spacial score (nSPS) is 11.5. The van der Waals surface area contributed by atoms with Crippen LogP contribution in [-0.2, 0) is 21.1 Å². The van der Waals surface area contributed by atoms with Crippen molar-refractivity contribution in [3.05, 3.63) is 23.8 Å². The summed E-state index contributed by atoms with van der Waals surface area (Å²) in [7, 11) is 0.209. The van der Waals surface area contributed by atoms with E-state index in [4.69, 9.17) is 14.2 Å². The number of guanidine groups is 1. The minimum atomic E-state index is -2.99. The lowest BCUT2D eigenvalue weighted by Gasteiger charge is -2.12. The summed E-state index contributed by atoms with van der Waals surface area (Å²) in [5.41, 5.74) is 0.990. The van der Waals surface area contributed by atoms with E-state index in [0.29, 0.717) is 37.2 Å². The van der Waals surface area contributed by atoms with E-state index >= 15 is 0 Å². The van der Waals surface area contributed by atoms with Crippen LogP contribution < -0.4 is 20.1 Å². The third kappa shape index (κ3) is 11.2. The molecule has 1 aromatic carbocycles. The van der Waals surface area contributed by atoms with Crippen LogP contribution in [-0.4, -0.2) is 66.9 Å². The van der Waals surface area contributed by atoms with Gasteiger partial charge in [0, 0.05) is 19.3 Å². The lowest BCUT2D eigenvalue weighted by Crippen LogP contribution is -2.39. The van der Waals surface area contributed by atoms with Gasteiger partial charge in [-0.25, -0.2) is 13.4 Å². The summed E-state index contributed by atoms with van der Waals surface area (Å²) in [6, 6.07) is 5.67. The Morgan fingerprint density at radius 3 is 2.41 bits per heavy atom. The van der Waals surface area contributed by atoms with Crippen LogP contribution in [0.15, 0.2) is 23.2 Å². The van der Waals surface area contributed by atoms with E-state index < -0.39 is 9.84 Å². The van der Waals surface area contributed by atoms with Crippen molar-refractivity contribution >= 4 is 39.8 Å². The summed E-state index contributed by atoms with van der Waals surface area (Å²) < 4.78 is 37.9. The molecular weight excluding hydrogens is 485 g/mol. The Labute approximate surface area is 179 Å². The molecule has 0 heterocycles. The number of hydrogen-bond acceptors (Lipinski definition) is 6. The molecule has 10 heteroatoms. The summed E-state index contributed by atoms with van der Waals surface area (Å²) in [6.07, 6.45) is 1.19. The molecule has 0 spiro atoms. The topological polar surface area (TPSA) is 98.2 Å². The van der Waals surface area contributed by atoms with Crippen LogP contribution in [0.3, 0.4) is 0 Å². The molecule has 0 amide bonds. The van der Waals surface area contributed by atoms with Gasteiger partial charge in [-0.3, -0.25) is 0 Å². The fourth-order valence-electron chi connectivity index (χ4n) is 2.05. The first-order chi connectivity index (χ1) is 12.4. The number of benzene rings is 1. The minimum Gasteiger partial charge on any atom is -0.493 e. The molecule has 0 atom stereocenters. The molecule has 1 aromatic rings. The largest absolute Gasteiger partial charge is 0.493 e. The highest BCUT2D eigenvalue weighted by Crippen LogP contribution is 2.27. The maximum Gasteiger partial charge on any atom is 0.191 e. The Bertz CT molecular complexity index is 683. The van der Waals surface area contributed by atoms with Gasteiger partial charge in [0.25, 0.3) is 0 Å². The van der Waals surface area contributed by atoms with Gasteiger partial charge in [0.05, 0.1) is 39.7 Å². The van der Waals surface area contributed by atoms with Crippen LogP contribution >= 0.6 is 24.0 Å². The lowest BCUT2D eigenvalue weighted by molar-refractivity contribution is 0.154. The minimum absolute atomic E-state index is 0.